The summed E-state index contributed by atoms with van der Waals surface area (Å²) in [5.74, 6) is -1.34. The Kier molecular flexibility index (Phi) is 4.45. The molecule has 2 aromatic rings. The summed E-state index contributed by atoms with van der Waals surface area (Å²) in [6.45, 7) is 6.24. The largest absolute Gasteiger partial charge is 0.478 e. The van der Waals surface area contributed by atoms with E-state index in [1.165, 1.54) is 6.07 Å². The lowest BCUT2D eigenvalue weighted by atomic mass is 9.80. The van der Waals surface area contributed by atoms with Crippen molar-refractivity contribution in [3.63, 3.8) is 0 Å². The summed E-state index contributed by atoms with van der Waals surface area (Å²) in [4.78, 5) is 24.1. The topological polar surface area (TPSA) is 54.4 Å². The highest BCUT2D eigenvalue weighted by atomic mass is 16.4. The van der Waals surface area contributed by atoms with Gasteiger partial charge in [-0.05, 0) is 29.5 Å². The molecule has 0 bridgehead atoms. The van der Waals surface area contributed by atoms with Crippen molar-refractivity contribution < 1.29 is 14.7 Å². The van der Waals surface area contributed by atoms with Gasteiger partial charge in [0.15, 0.2) is 5.78 Å². The molecule has 0 aliphatic rings. The number of ketones is 1. The Hall–Kier alpha value is -2.42. The van der Waals surface area contributed by atoms with E-state index in [9.17, 15) is 14.7 Å². The van der Waals surface area contributed by atoms with Crippen molar-refractivity contribution in [1.29, 1.82) is 0 Å². The number of hydrogen-bond acceptors (Lipinski definition) is 2. The van der Waals surface area contributed by atoms with Gasteiger partial charge in [-0.3, -0.25) is 4.79 Å². The standard InChI is InChI=1S/C19H20O3/c1-4-19(2,3)14-10-11-15(18(21)22)16(12-14)17(20)13-8-6-5-7-9-13/h5-12H,4H2,1-3H3,(H,21,22). The molecule has 1 N–H and O–H groups in total. The molecule has 3 heteroatoms. The molecule has 2 rings (SSSR count). The molecule has 0 aromatic heterocycles. The first-order valence-corrected chi connectivity index (χ1v) is 7.34. The number of carbonyl (C=O) groups excluding carboxylic acids is 1. The average molecular weight is 296 g/mol. The molecule has 22 heavy (non-hydrogen) atoms. The van der Waals surface area contributed by atoms with Crippen LogP contribution in [0.25, 0.3) is 0 Å². The van der Waals surface area contributed by atoms with Gasteiger partial charge in [0, 0.05) is 11.1 Å². The van der Waals surface area contributed by atoms with Crippen LogP contribution in [-0.4, -0.2) is 16.9 Å². The van der Waals surface area contributed by atoms with E-state index in [0.29, 0.717) is 5.56 Å². The second-order valence-corrected chi connectivity index (χ2v) is 6.00. The molecule has 114 valence electrons. The monoisotopic (exact) mass is 296 g/mol. The zero-order valence-corrected chi connectivity index (χ0v) is 13.1. The van der Waals surface area contributed by atoms with Crippen LogP contribution < -0.4 is 0 Å². The predicted molar refractivity (Wildman–Crippen MR) is 86.6 cm³/mol. The first kappa shape index (κ1) is 16.0. The van der Waals surface area contributed by atoms with Gasteiger partial charge in [0.05, 0.1) is 5.56 Å². The van der Waals surface area contributed by atoms with Gasteiger partial charge in [0.1, 0.15) is 0 Å². The van der Waals surface area contributed by atoms with Crippen LogP contribution in [0.15, 0.2) is 48.5 Å². The maximum atomic E-state index is 12.7. The van der Waals surface area contributed by atoms with Crippen LogP contribution in [0, 0.1) is 0 Å². The Morgan fingerprint density at radius 2 is 1.64 bits per heavy atom. The van der Waals surface area contributed by atoms with E-state index in [4.69, 9.17) is 0 Å². The van der Waals surface area contributed by atoms with Crippen LogP contribution in [0.1, 0.15) is 59.0 Å². The minimum Gasteiger partial charge on any atom is -0.478 e. The minimum atomic E-state index is -1.08. The fourth-order valence-corrected chi connectivity index (χ4v) is 2.29. The quantitative estimate of drug-likeness (QED) is 0.837. The zero-order chi connectivity index (χ0) is 16.3. The Bertz CT molecular complexity index is 700. The summed E-state index contributed by atoms with van der Waals surface area (Å²) in [6.07, 6.45) is 0.901. The molecule has 0 amide bonds. The van der Waals surface area contributed by atoms with Gasteiger partial charge in [0.2, 0.25) is 0 Å². The highest BCUT2D eigenvalue weighted by Gasteiger charge is 2.23. The zero-order valence-electron chi connectivity index (χ0n) is 13.1. The van der Waals surface area contributed by atoms with Gasteiger partial charge in [-0.25, -0.2) is 4.79 Å². The van der Waals surface area contributed by atoms with Gasteiger partial charge in [-0.15, -0.1) is 0 Å². The van der Waals surface area contributed by atoms with Crippen molar-refractivity contribution in [2.75, 3.05) is 0 Å². The third kappa shape index (κ3) is 3.08. The molecule has 0 aliphatic carbocycles. The number of hydrogen-bond donors (Lipinski definition) is 1. The van der Waals surface area contributed by atoms with E-state index in [-0.39, 0.29) is 22.3 Å². The first-order chi connectivity index (χ1) is 10.4. The molecule has 0 atom stereocenters. The van der Waals surface area contributed by atoms with Gasteiger partial charge in [0.25, 0.3) is 0 Å². The van der Waals surface area contributed by atoms with Gasteiger partial charge in [-0.2, -0.15) is 0 Å². The molecule has 0 fully saturated rings. The van der Waals surface area contributed by atoms with E-state index < -0.39 is 5.97 Å². The highest BCUT2D eigenvalue weighted by molar-refractivity contribution is 6.14. The number of benzene rings is 2. The summed E-state index contributed by atoms with van der Waals surface area (Å²) in [6, 6.07) is 13.8. The Labute approximate surface area is 130 Å². The second-order valence-electron chi connectivity index (χ2n) is 6.00. The fourth-order valence-electron chi connectivity index (χ4n) is 2.29. The van der Waals surface area contributed by atoms with Crippen molar-refractivity contribution in [1.82, 2.24) is 0 Å². The maximum Gasteiger partial charge on any atom is 0.336 e. The van der Waals surface area contributed by atoms with Crippen molar-refractivity contribution in [2.45, 2.75) is 32.6 Å². The van der Waals surface area contributed by atoms with E-state index in [0.717, 1.165) is 12.0 Å². The van der Waals surface area contributed by atoms with E-state index >= 15 is 0 Å². The molecule has 0 aliphatic heterocycles. The SMILES string of the molecule is CCC(C)(C)c1ccc(C(=O)O)c(C(=O)c2ccccc2)c1. The smallest absolute Gasteiger partial charge is 0.336 e. The van der Waals surface area contributed by atoms with Crippen LogP contribution in [0.5, 0.6) is 0 Å². The van der Waals surface area contributed by atoms with Crippen molar-refractivity contribution >= 4 is 11.8 Å². The maximum absolute atomic E-state index is 12.7. The van der Waals surface area contributed by atoms with Crippen LogP contribution in [-0.2, 0) is 5.41 Å². The molecule has 0 saturated heterocycles. The van der Waals surface area contributed by atoms with Gasteiger partial charge < -0.3 is 5.11 Å². The summed E-state index contributed by atoms with van der Waals surface area (Å²) in [7, 11) is 0. The lowest BCUT2D eigenvalue weighted by Crippen LogP contribution is -2.18. The number of carbonyl (C=O) groups is 2. The van der Waals surface area contributed by atoms with Gasteiger partial charge >= 0.3 is 5.97 Å². The number of aromatic carboxylic acids is 1. The normalized spacial score (nSPS) is 11.2. The van der Waals surface area contributed by atoms with E-state index in [2.05, 4.69) is 20.8 Å². The molecule has 0 unspecified atom stereocenters. The molecular weight excluding hydrogens is 276 g/mol. The second kappa shape index (κ2) is 6.14. The molecule has 0 spiro atoms. The summed E-state index contributed by atoms with van der Waals surface area (Å²) >= 11 is 0. The third-order valence-electron chi connectivity index (χ3n) is 4.20. The first-order valence-electron chi connectivity index (χ1n) is 7.34. The van der Waals surface area contributed by atoms with E-state index in [1.54, 1.807) is 36.4 Å². The summed E-state index contributed by atoms with van der Waals surface area (Å²) in [5.41, 5.74) is 1.65. The van der Waals surface area contributed by atoms with Crippen LogP contribution >= 0.6 is 0 Å². The van der Waals surface area contributed by atoms with Crippen molar-refractivity contribution in [2.24, 2.45) is 0 Å². The van der Waals surface area contributed by atoms with Crippen molar-refractivity contribution in [3.8, 4) is 0 Å². The Morgan fingerprint density at radius 1 is 1.00 bits per heavy atom. The molecular formula is C19H20O3. The van der Waals surface area contributed by atoms with E-state index in [1.807, 2.05) is 6.07 Å². The highest BCUT2D eigenvalue weighted by Crippen LogP contribution is 2.29. The van der Waals surface area contributed by atoms with Crippen LogP contribution in [0.4, 0.5) is 0 Å². The number of rotatable bonds is 5. The summed E-state index contributed by atoms with van der Waals surface area (Å²) in [5, 5.41) is 9.36. The predicted octanol–water partition coefficient (Wildman–Crippen LogP) is 4.30. The molecule has 2 aromatic carbocycles. The average Bonchev–Trinajstić information content (AvgIpc) is 2.54. The van der Waals surface area contributed by atoms with Crippen LogP contribution in [0.2, 0.25) is 0 Å². The lowest BCUT2D eigenvalue weighted by molar-refractivity contribution is 0.0692. The number of carboxylic acids is 1. The molecule has 0 saturated carbocycles. The Balaban J connectivity index is 2.59. The Morgan fingerprint density at radius 3 is 2.18 bits per heavy atom. The van der Waals surface area contributed by atoms with Gasteiger partial charge in [-0.1, -0.05) is 57.2 Å². The molecule has 0 radical (unpaired) electrons. The van der Waals surface area contributed by atoms with Crippen LogP contribution in [0.3, 0.4) is 0 Å². The van der Waals surface area contributed by atoms with Crippen molar-refractivity contribution in [3.05, 3.63) is 70.8 Å². The number of carboxylic acid groups (broad SMARTS) is 1. The molecule has 3 nitrogen and oxygen atoms in total. The summed E-state index contributed by atoms with van der Waals surface area (Å²) < 4.78 is 0. The minimum absolute atomic E-state index is 0.0458. The molecule has 0 heterocycles. The fraction of sp³-hybridized carbons (Fsp3) is 0.263. The lowest BCUT2D eigenvalue weighted by Gasteiger charge is -2.24. The third-order valence-corrected chi connectivity index (χ3v) is 4.20.